The number of hydrogen-bond acceptors (Lipinski definition) is 2. The van der Waals surface area contributed by atoms with Gasteiger partial charge in [0.05, 0.1) is 5.57 Å². The van der Waals surface area contributed by atoms with Crippen molar-refractivity contribution in [1.29, 1.82) is 5.26 Å². The van der Waals surface area contributed by atoms with Gasteiger partial charge in [0.25, 0.3) is 0 Å². The van der Waals surface area contributed by atoms with Gasteiger partial charge in [-0.2, -0.15) is 5.26 Å². The molecule has 1 N–H and O–H groups in total. The lowest BCUT2D eigenvalue weighted by molar-refractivity contribution is 0.955. The van der Waals surface area contributed by atoms with Crippen LogP contribution in [-0.2, 0) is 0 Å². The number of allylic oxidation sites excluding steroid dienone is 2. The Morgan fingerprint density at radius 3 is 3.00 bits per heavy atom. The van der Waals surface area contributed by atoms with E-state index in [-0.39, 0.29) is 0 Å². The van der Waals surface area contributed by atoms with E-state index in [1.807, 2.05) is 6.07 Å². The van der Waals surface area contributed by atoms with Crippen molar-refractivity contribution in [3.63, 3.8) is 0 Å². The lowest BCUT2D eigenvalue weighted by atomic mass is 10.2. The Hall–Kier alpha value is -0.750. The van der Waals surface area contributed by atoms with Crippen molar-refractivity contribution >= 4 is 15.9 Å². The minimum absolute atomic E-state index is 0.660. The zero-order chi connectivity index (χ0) is 6.69. The second-order valence-electron chi connectivity index (χ2n) is 1.68. The summed E-state index contributed by atoms with van der Waals surface area (Å²) in [6, 6.07) is 2.03. The van der Waals surface area contributed by atoms with Crippen LogP contribution in [0.4, 0.5) is 0 Å². The van der Waals surface area contributed by atoms with Crippen molar-refractivity contribution in [3.05, 3.63) is 22.3 Å². The van der Waals surface area contributed by atoms with E-state index < -0.39 is 0 Å². The monoisotopic (exact) mass is 184 g/mol. The molecule has 0 unspecified atom stereocenters. The molecule has 1 aliphatic rings. The van der Waals surface area contributed by atoms with Gasteiger partial charge in [-0.1, -0.05) is 15.9 Å². The predicted octanol–water partition coefficient (Wildman–Crippen LogP) is 1.28. The summed E-state index contributed by atoms with van der Waals surface area (Å²) in [6.45, 7) is 0.783. The topological polar surface area (TPSA) is 35.8 Å². The maximum absolute atomic E-state index is 8.39. The molecule has 0 aromatic carbocycles. The Kier molecular flexibility index (Phi) is 1.91. The van der Waals surface area contributed by atoms with Gasteiger partial charge in [-0.3, -0.25) is 0 Å². The Balaban J connectivity index is 2.78. The molecule has 0 spiro atoms. The zero-order valence-corrected chi connectivity index (χ0v) is 6.27. The van der Waals surface area contributed by atoms with Gasteiger partial charge in [0.15, 0.2) is 0 Å². The minimum atomic E-state index is 0.660. The summed E-state index contributed by atoms with van der Waals surface area (Å²) in [4.78, 5) is 0. The first-order valence-electron chi connectivity index (χ1n) is 2.52. The van der Waals surface area contributed by atoms with Crippen molar-refractivity contribution < 1.29 is 0 Å². The van der Waals surface area contributed by atoms with Crippen LogP contribution in [0.1, 0.15) is 0 Å². The van der Waals surface area contributed by atoms with Crippen LogP contribution in [-0.4, -0.2) is 6.54 Å². The van der Waals surface area contributed by atoms with Gasteiger partial charge < -0.3 is 5.32 Å². The van der Waals surface area contributed by atoms with Crippen LogP contribution in [0.2, 0.25) is 0 Å². The van der Waals surface area contributed by atoms with Crippen LogP contribution in [0.15, 0.2) is 22.3 Å². The number of nitrogens with one attached hydrogen (secondary N) is 1. The molecule has 0 saturated heterocycles. The summed E-state index contributed by atoms with van der Waals surface area (Å²) in [7, 11) is 0. The van der Waals surface area contributed by atoms with Crippen LogP contribution in [0.3, 0.4) is 0 Å². The molecule has 0 atom stereocenters. The summed E-state index contributed by atoms with van der Waals surface area (Å²) in [5.74, 6) is 0. The molecule has 0 saturated carbocycles. The van der Waals surface area contributed by atoms with Crippen molar-refractivity contribution in [2.75, 3.05) is 6.54 Å². The quantitative estimate of drug-likeness (QED) is 0.616. The third-order valence-corrected chi connectivity index (χ3v) is 1.48. The van der Waals surface area contributed by atoms with Crippen molar-refractivity contribution in [3.8, 4) is 6.07 Å². The Morgan fingerprint density at radius 1 is 1.78 bits per heavy atom. The summed E-state index contributed by atoms with van der Waals surface area (Å²) < 4.78 is 1.02. The van der Waals surface area contributed by atoms with Gasteiger partial charge >= 0.3 is 0 Å². The molecule has 0 aliphatic carbocycles. The van der Waals surface area contributed by atoms with Gasteiger partial charge in [-0.25, -0.2) is 0 Å². The van der Waals surface area contributed by atoms with Gasteiger partial charge in [-0.15, -0.1) is 0 Å². The standard InChI is InChI=1S/C6H5BrN2/c7-6-1-5(2-8)3-9-4-6/h1,3,9H,4H2. The van der Waals surface area contributed by atoms with Gasteiger partial charge in [0.2, 0.25) is 0 Å². The molecule has 2 nitrogen and oxygen atoms in total. The van der Waals surface area contributed by atoms with Crippen LogP contribution < -0.4 is 5.32 Å². The summed E-state index contributed by atoms with van der Waals surface area (Å²) in [5, 5.41) is 11.3. The van der Waals surface area contributed by atoms with E-state index in [4.69, 9.17) is 5.26 Å². The Bertz CT molecular complexity index is 210. The van der Waals surface area contributed by atoms with E-state index in [9.17, 15) is 0 Å². The first kappa shape index (κ1) is 6.37. The highest BCUT2D eigenvalue weighted by molar-refractivity contribution is 9.11. The molecule has 1 heterocycles. The zero-order valence-electron chi connectivity index (χ0n) is 4.69. The summed E-state index contributed by atoms with van der Waals surface area (Å²) in [5.41, 5.74) is 0.660. The van der Waals surface area contributed by atoms with Crippen molar-refractivity contribution in [1.82, 2.24) is 5.32 Å². The summed E-state index contributed by atoms with van der Waals surface area (Å²) >= 11 is 3.28. The van der Waals surface area contributed by atoms with Gasteiger partial charge in [0, 0.05) is 17.2 Å². The highest BCUT2D eigenvalue weighted by Gasteiger charge is 1.98. The first-order chi connectivity index (χ1) is 4.33. The molecule has 3 heteroatoms. The largest absolute Gasteiger partial charge is 0.385 e. The molecule has 9 heavy (non-hydrogen) atoms. The molecule has 0 aromatic rings. The maximum Gasteiger partial charge on any atom is 0.101 e. The number of nitrogens with zero attached hydrogens (tertiary/aromatic N) is 1. The predicted molar refractivity (Wildman–Crippen MR) is 38.7 cm³/mol. The fourth-order valence-corrected chi connectivity index (χ4v) is 0.993. The first-order valence-corrected chi connectivity index (χ1v) is 3.32. The molecule has 0 aromatic heterocycles. The molecule has 0 amide bonds. The second kappa shape index (κ2) is 2.70. The number of dihydropyridines is 1. The molecule has 0 bridgehead atoms. The SMILES string of the molecule is N#CC1=CNCC(Br)=C1. The smallest absolute Gasteiger partial charge is 0.101 e. The fourth-order valence-electron chi connectivity index (χ4n) is 0.584. The number of hydrogen-bond donors (Lipinski definition) is 1. The third kappa shape index (κ3) is 1.58. The van der Waals surface area contributed by atoms with Crippen LogP contribution in [0.25, 0.3) is 0 Å². The highest BCUT2D eigenvalue weighted by Crippen LogP contribution is 2.10. The van der Waals surface area contributed by atoms with Crippen LogP contribution in [0, 0.1) is 11.3 Å². The molecule has 0 radical (unpaired) electrons. The van der Waals surface area contributed by atoms with E-state index in [2.05, 4.69) is 21.2 Å². The molecule has 0 fully saturated rings. The van der Waals surface area contributed by atoms with E-state index in [1.54, 1.807) is 12.3 Å². The lowest BCUT2D eigenvalue weighted by Crippen LogP contribution is -2.11. The average Bonchev–Trinajstić information content (AvgIpc) is 1.88. The molecule has 46 valence electrons. The van der Waals surface area contributed by atoms with Crippen LogP contribution >= 0.6 is 15.9 Å². The third-order valence-electron chi connectivity index (χ3n) is 0.970. The molecular formula is C6H5BrN2. The number of nitriles is 1. The Morgan fingerprint density at radius 2 is 2.56 bits per heavy atom. The fraction of sp³-hybridized carbons (Fsp3) is 0.167. The number of halogens is 1. The lowest BCUT2D eigenvalue weighted by Gasteiger charge is -2.04. The van der Waals surface area contributed by atoms with Crippen molar-refractivity contribution in [2.24, 2.45) is 0 Å². The van der Waals surface area contributed by atoms with E-state index in [0.29, 0.717) is 5.57 Å². The van der Waals surface area contributed by atoms with E-state index >= 15 is 0 Å². The summed E-state index contributed by atoms with van der Waals surface area (Å²) in [6.07, 6.45) is 3.50. The maximum atomic E-state index is 8.39. The van der Waals surface area contributed by atoms with E-state index in [1.165, 1.54) is 0 Å². The Labute approximate surface area is 62.0 Å². The van der Waals surface area contributed by atoms with Crippen LogP contribution in [0.5, 0.6) is 0 Å². The normalized spacial score (nSPS) is 16.9. The molecular weight excluding hydrogens is 180 g/mol. The molecule has 1 rings (SSSR count). The van der Waals surface area contributed by atoms with E-state index in [0.717, 1.165) is 11.0 Å². The van der Waals surface area contributed by atoms with Crippen molar-refractivity contribution in [2.45, 2.75) is 0 Å². The second-order valence-corrected chi connectivity index (χ2v) is 2.70. The average molecular weight is 185 g/mol. The minimum Gasteiger partial charge on any atom is -0.385 e. The van der Waals surface area contributed by atoms with Gasteiger partial charge in [0.1, 0.15) is 6.07 Å². The molecule has 1 aliphatic heterocycles. The van der Waals surface area contributed by atoms with Gasteiger partial charge in [-0.05, 0) is 6.08 Å². The number of rotatable bonds is 0. The highest BCUT2D eigenvalue weighted by atomic mass is 79.9.